The molecule has 0 amide bonds. The molecule has 1 aliphatic heterocycles. The Hall–Kier alpha value is -0.970. The van der Waals surface area contributed by atoms with Crippen LogP contribution >= 0.6 is 11.8 Å². The summed E-state index contributed by atoms with van der Waals surface area (Å²) >= 11 is 2.03. The van der Waals surface area contributed by atoms with E-state index in [0.29, 0.717) is 6.54 Å². The van der Waals surface area contributed by atoms with Crippen LogP contribution in [-0.2, 0) is 13.1 Å². The van der Waals surface area contributed by atoms with Gasteiger partial charge >= 0.3 is 5.69 Å². The van der Waals surface area contributed by atoms with Crippen LogP contribution in [0.25, 0.3) is 0 Å². The van der Waals surface area contributed by atoms with Crippen molar-refractivity contribution in [2.75, 3.05) is 11.5 Å². The monoisotopic (exact) mass is 296 g/mol. The Bertz CT molecular complexity index is 548. The highest BCUT2D eigenvalue weighted by Gasteiger charge is 2.09. The summed E-state index contributed by atoms with van der Waals surface area (Å²) in [6.07, 6.45) is 6.57. The van der Waals surface area contributed by atoms with Crippen LogP contribution in [0.3, 0.4) is 0 Å². The third-order valence-corrected chi connectivity index (χ3v) is 4.98. The molecule has 4 nitrogen and oxygen atoms in total. The third-order valence-electron chi connectivity index (χ3n) is 3.83. The minimum Gasteiger partial charge on any atom is -0.298 e. The number of hydrogen-bond acceptors (Lipinski definition) is 3. The number of fused-ring (bicyclic) bond motifs is 2. The maximum atomic E-state index is 12.4. The molecule has 0 aromatic carbocycles. The Labute approximate surface area is 124 Å². The van der Waals surface area contributed by atoms with Crippen LogP contribution in [0.1, 0.15) is 44.2 Å². The second kappa shape index (κ2) is 7.72. The Kier molecular flexibility index (Phi) is 5.95. The second-order valence-corrected chi connectivity index (χ2v) is 6.67. The van der Waals surface area contributed by atoms with Crippen molar-refractivity contribution in [2.45, 2.75) is 58.5 Å². The molecule has 20 heavy (non-hydrogen) atoms. The maximum absolute atomic E-state index is 12.4. The van der Waals surface area contributed by atoms with Gasteiger partial charge in [-0.05, 0) is 44.1 Å². The molecular weight excluding hydrogens is 272 g/mol. The van der Waals surface area contributed by atoms with Crippen molar-refractivity contribution in [3.63, 3.8) is 0 Å². The van der Waals surface area contributed by atoms with E-state index in [4.69, 9.17) is 0 Å². The van der Waals surface area contributed by atoms with Crippen molar-refractivity contribution < 1.29 is 0 Å². The standard InChI is InChI=1S/C15H24N2O2S/c1-13-12-14(18)17-9-5-3-7-11-20-10-6-2-4-8-16(13)15(17)19/h12H,2-11H2,1H3. The van der Waals surface area contributed by atoms with Gasteiger partial charge in [-0.15, -0.1) is 0 Å². The molecule has 0 saturated carbocycles. The fourth-order valence-electron chi connectivity index (χ4n) is 2.61. The quantitative estimate of drug-likeness (QED) is 0.738. The first-order valence-electron chi connectivity index (χ1n) is 7.59. The normalized spacial score (nSPS) is 18.4. The highest BCUT2D eigenvalue weighted by molar-refractivity contribution is 7.99. The molecule has 1 aromatic rings. The van der Waals surface area contributed by atoms with E-state index in [1.54, 1.807) is 10.6 Å². The molecule has 2 bridgehead atoms. The molecule has 2 rings (SSSR count). The molecule has 1 aliphatic rings. The van der Waals surface area contributed by atoms with Gasteiger partial charge in [-0.1, -0.05) is 12.8 Å². The van der Waals surface area contributed by atoms with E-state index in [9.17, 15) is 9.59 Å². The number of rotatable bonds is 0. The predicted molar refractivity (Wildman–Crippen MR) is 84.7 cm³/mol. The van der Waals surface area contributed by atoms with Crippen LogP contribution in [0.5, 0.6) is 0 Å². The van der Waals surface area contributed by atoms with E-state index >= 15 is 0 Å². The Balaban J connectivity index is 2.23. The highest BCUT2D eigenvalue weighted by atomic mass is 32.2. The Morgan fingerprint density at radius 2 is 1.50 bits per heavy atom. The van der Waals surface area contributed by atoms with E-state index in [0.717, 1.165) is 37.9 Å². The first-order chi connectivity index (χ1) is 9.70. The lowest BCUT2D eigenvalue weighted by molar-refractivity contribution is 0.496. The van der Waals surface area contributed by atoms with E-state index in [-0.39, 0.29) is 11.2 Å². The largest absolute Gasteiger partial charge is 0.331 e. The maximum Gasteiger partial charge on any atom is 0.331 e. The molecule has 0 spiro atoms. The molecule has 5 heteroatoms. The molecule has 112 valence electrons. The van der Waals surface area contributed by atoms with Crippen LogP contribution < -0.4 is 11.2 Å². The van der Waals surface area contributed by atoms with Crippen molar-refractivity contribution >= 4 is 11.8 Å². The molecule has 2 heterocycles. The van der Waals surface area contributed by atoms with Crippen LogP contribution in [0.2, 0.25) is 0 Å². The van der Waals surface area contributed by atoms with E-state index in [2.05, 4.69) is 0 Å². The summed E-state index contributed by atoms with van der Waals surface area (Å²) in [5.41, 5.74) is 0.518. The van der Waals surface area contributed by atoms with E-state index in [1.807, 2.05) is 18.7 Å². The molecule has 0 N–H and O–H groups in total. The number of aryl methyl sites for hydroxylation is 1. The topological polar surface area (TPSA) is 44.0 Å². The minimum absolute atomic E-state index is 0.124. The lowest BCUT2D eigenvalue weighted by atomic mass is 10.2. The lowest BCUT2D eigenvalue weighted by Crippen LogP contribution is -2.40. The van der Waals surface area contributed by atoms with Crippen molar-refractivity contribution in [3.8, 4) is 0 Å². The third kappa shape index (κ3) is 4.01. The van der Waals surface area contributed by atoms with Gasteiger partial charge in [0.15, 0.2) is 0 Å². The second-order valence-electron chi connectivity index (χ2n) is 5.44. The van der Waals surface area contributed by atoms with Gasteiger partial charge < -0.3 is 0 Å². The summed E-state index contributed by atoms with van der Waals surface area (Å²) in [6.45, 7) is 3.14. The predicted octanol–water partition coefficient (Wildman–Crippen LogP) is 2.41. The average molecular weight is 296 g/mol. The minimum atomic E-state index is -0.148. The molecule has 0 saturated heterocycles. The zero-order valence-corrected chi connectivity index (χ0v) is 13.1. The zero-order valence-electron chi connectivity index (χ0n) is 12.3. The van der Waals surface area contributed by atoms with Crippen LogP contribution in [0.4, 0.5) is 0 Å². The fraction of sp³-hybridized carbons (Fsp3) is 0.733. The number of nitrogens with zero attached hydrogens (tertiary/aromatic N) is 2. The zero-order chi connectivity index (χ0) is 14.4. The first-order valence-corrected chi connectivity index (χ1v) is 8.74. The fourth-order valence-corrected chi connectivity index (χ4v) is 3.63. The van der Waals surface area contributed by atoms with Crippen LogP contribution in [0.15, 0.2) is 15.7 Å². The van der Waals surface area contributed by atoms with Gasteiger partial charge in [-0.25, -0.2) is 4.79 Å². The molecule has 0 radical (unpaired) electrons. The summed E-state index contributed by atoms with van der Waals surface area (Å²) in [5.74, 6) is 2.43. The number of aromatic nitrogens is 2. The molecule has 0 atom stereocenters. The van der Waals surface area contributed by atoms with Gasteiger partial charge in [0.05, 0.1) is 0 Å². The summed E-state index contributed by atoms with van der Waals surface area (Å²) < 4.78 is 3.17. The lowest BCUT2D eigenvalue weighted by Gasteiger charge is -2.13. The van der Waals surface area contributed by atoms with Gasteiger partial charge in [0.2, 0.25) is 0 Å². The molecule has 1 aromatic heterocycles. The van der Waals surface area contributed by atoms with E-state index < -0.39 is 0 Å². The summed E-state index contributed by atoms with van der Waals surface area (Å²) in [5, 5.41) is 0. The van der Waals surface area contributed by atoms with Crippen LogP contribution in [0, 0.1) is 6.92 Å². The van der Waals surface area contributed by atoms with Crippen molar-refractivity contribution in [3.05, 3.63) is 32.6 Å². The number of hydrogen-bond donors (Lipinski definition) is 0. The first kappa shape index (κ1) is 15.4. The van der Waals surface area contributed by atoms with Crippen molar-refractivity contribution in [2.24, 2.45) is 0 Å². The van der Waals surface area contributed by atoms with Gasteiger partial charge in [0, 0.05) is 24.8 Å². The smallest absolute Gasteiger partial charge is 0.298 e. The average Bonchev–Trinajstić information content (AvgIpc) is 2.41. The van der Waals surface area contributed by atoms with Gasteiger partial charge in [-0.2, -0.15) is 11.8 Å². The number of thioether (sulfide) groups is 1. The highest BCUT2D eigenvalue weighted by Crippen LogP contribution is 2.11. The molecular formula is C15H24N2O2S. The van der Waals surface area contributed by atoms with Gasteiger partial charge in [-0.3, -0.25) is 13.9 Å². The SMILES string of the molecule is Cc1cc(=O)n2c(=O)n1CCCCCSCCCCC2. The summed E-state index contributed by atoms with van der Waals surface area (Å²) in [6, 6.07) is 1.60. The Morgan fingerprint density at radius 3 is 2.15 bits per heavy atom. The van der Waals surface area contributed by atoms with Gasteiger partial charge in [0.1, 0.15) is 0 Å². The van der Waals surface area contributed by atoms with Crippen molar-refractivity contribution in [1.29, 1.82) is 0 Å². The Morgan fingerprint density at radius 1 is 0.900 bits per heavy atom. The van der Waals surface area contributed by atoms with Crippen LogP contribution in [-0.4, -0.2) is 20.6 Å². The summed E-state index contributed by atoms with van der Waals surface area (Å²) in [7, 11) is 0. The van der Waals surface area contributed by atoms with E-state index in [1.165, 1.54) is 28.9 Å². The molecule has 0 aliphatic carbocycles. The van der Waals surface area contributed by atoms with Gasteiger partial charge in [0.25, 0.3) is 5.56 Å². The molecule has 0 fully saturated rings. The summed E-state index contributed by atoms with van der Waals surface area (Å²) in [4.78, 5) is 24.4. The molecule has 0 unspecified atom stereocenters. The van der Waals surface area contributed by atoms with Crippen molar-refractivity contribution in [1.82, 2.24) is 9.13 Å².